The van der Waals surface area contributed by atoms with E-state index in [1.807, 2.05) is 6.26 Å². The van der Waals surface area contributed by atoms with E-state index in [4.69, 9.17) is 5.73 Å². The summed E-state index contributed by atoms with van der Waals surface area (Å²) in [4.78, 5) is 19.3. The second-order valence-electron chi connectivity index (χ2n) is 4.88. The minimum absolute atomic E-state index is 0.327. The normalized spacial score (nSPS) is 16.4. The van der Waals surface area contributed by atoms with Crippen molar-refractivity contribution in [3.05, 3.63) is 23.7 Å². The number of aliphatic hydroxyl groups is 1. The van der Waals surface area contributed by atoms with Crippen molar-refractivity contribution in [3.63, 3.8) is 0 Å². The van der Waals surface area contributed by atoms with Crippen LogP contribution in [-0.2, 0) is 11.2 Å². The SMILES string of the molecule is CSC[C@@H](O)[C@H](C=O)CCC1=CCc2c(N)ncnc21. The van der Waals surface area contributed by atoms with Crippen molar-refractivity contribution in [1.29, 1.82) is 0 Å². The molecule has 0 bridgehead atoms. The summed E-state index contributed by atoms with van der Waals surface area (Å²) in [5.41, 5.74) is 8.77. The molecule has 3 N–H and O–H groups in total. The molecule has 0 amide bonds. The lowest BCUT2D eigenvalue weighted by molar-refractivity contribution is -0.113. The van der Waals surface area contributed by atoms with Crippen molar-refractivity contribution in [2.24, 2.45) is 5.92 Å². The van der Waals surface area contributed by atoms with Crippen LogP contribution >= 0.6 is 11.8 Å². The average Bonchev–Trinajstić information content (AvgIpc) is 2.85. The first-order valence-corrected chi connectivity index (χ1v) is 7.97. The van der Waals surface area contributed by atoms with E-state index < -0.39 is 6.10 Å². The Hall–Kier alpha value is -1.40. The number of fused-ring (bicyclic) bond motifs is 1. The third-order valence-corrected chi connectivity index (χ3v) is 4.26. The average molecular weight is 293 g/mol. The summed E-state index contributed by atoms with van der Waals surface area (Å²) >= 11 is 1.54. The number of aliphatic hydroxyl groups excluding tert-OH is 1. The van der Waals surface area contributed by atoms with Crippen molar-refractivity contribution < 1.29 is 9.90 Å². The number of hydrogen-bond acceptors (Lipinski definition) is 6. The lowest BCUT2D eigenvalue weighted by Crippen LogP contribution is -2.24. The molecule has 0 fully saturated rings. The highest BCUT2D eigenvalue weighted by Crippen LogP contribution is 2.32. The molecule has 2 rings (SSSR count). The minimum atomic E-state index is -0.584. The molecule has 0 radical (unpaired) electrons. The van der Waals surface area contributed by atoms with Gasteiger partial charge in [-0.15, -0.1) is 0 Å². The first-order chi connectivity index (χ1) is 9.67. The van der Waals surface area contributed by atoms with Crippen LogP contribution in [0.5, 0.6) is 0 Å². The smallest absolute Gasteiger partial charge is 0.130 e. The van der Waals surface area contributed by atoms with Crippen LogP contribution in [0.1, 0.15) is 24.1 Å². The van der Waals surface area contributed by atoms with Gasteiger partial charge in [-0.2, -0.15) is 11.8 Å². The predicted molar refractivity (Wildman–Crippen MR) is 81.3 cm³/mol. The Balaban J connectivity index is 1.99. The molecule has 1 aliphatic carbocycles. The second kappa shape index (κ2) is 6.85. The molecule has 1 heterocycles. The highest BCUT2D eigenvalue weighted by molar-refractivity contribution is 7.98. The number of aldehydes is 1. The van der Waals surface area contributed by atoms with E-state index in [9.17, 15) is 9.90 Å². The molecule has 1 aromatic heterocycles. The van der Waals surface area contributed by atoms with Crippen LogP contribution in [0, 0.1) is 5.92 Å². The molecule has 6 heteroatoms. The molecule has 5 nitrogen and oxygen atoms in total. The summed E-state index contributed by atoms with van der Waals surface area (Å²) in [6.07, 6.45) is 7.83. The van der Waals surface area contributed by atoms with E-state index >= 15 is 0 Å². The first-order valence-electron chi connectivity index (χ1n) is 6.58. The number of rotatable bonds is 7. The fraction of sp³-hybridized carbons (Fsp3) is 0.500. The lowest BCUT2D eigenvalue weighted by Gasteiger charge is -2.17. The van der Waals surface area contributed by atoms with Crippen LogP contribution in [0.15, 0.2) is 12.4 Å². The number of hydrogen-bond donors (Lipinski definition) is 2. The maximum absolute atomic E-state index is 11.1. The molecule has 0 aromatic carbocycles. The lowest BCUT2D eigenvalue weighted by atomic mass is 9.96. The van der Waals surface area contributed by atoms with E-state index in [0.717, 1.165) is 36.0 Å². The monoisotopic (exact) mass is 293 g/mol. The summed E-state index contributed by atoms with van der Waals surface area (Å²) in [6.45, 7) is 0. The molecule has 1 aliphatic rings. The molecule has 1 aromatic rings. The van der Waals surface area contributed by atoms with Crippen LogP contribution in [0.3, 0.4) is 0 Å². The Kier molecular flexibility index (Phi) is 5.14. The van der Waals surface area contributed by atoms with Crippen molar-refractivity contribution in [2.45, 2.75) is 25.4 Å². The maximum atomic E-state index is 11.1. The third-order valence-electron chi connectivity index (χ3n) is 3.59. The highest BCUT2D eigenvalue weighted by Gasteiger charge is 2.22. The van der Waals surface area contributed by atoms with E-state index in [1.165, 1.54) is 6.33 Å². The zero-order chi connectivity index (χ0) is 14.5. The molecule has 0 unspecified atom stereocenters. The van der Waals surface area contributed by atoms with E-state index in [2.05, 4.69) is 16.0 Å². The van der Waals surface area contributed by atoms with Crippen molar-refractivity contribution in [2.75, 3.05) is 17.7 Å². The van der Waals surface area contributed by atoms with E-state index in [-0.39, 0.29) is 5.92 Å². The van der Waals surface area contributed by atoms with Gasteiger partial charge in [0.1, 0.15) is 18.4 Å². The Morgan fingerprint density at radius 3 is 3.05 bits per heavy atom. The quantitative estimate of drug-likeness (QED) is 0.737. The number of nitrogens with zero attached hydrogens (tertiary/aromatic N) is 2. The van der Waals surface area contributed by atoms with Gasteiger partial charge in [0.05, 0.1) is 11.8 Å². The van der Waals surface area contributed by atoms with Crippen molar-refractivity contribution >= 4 is 29.4 Å². The van der Waals surface area contributed by atoms with E-state index in [1.54, 1.807) is 11.8 Å². The number of nitrogen functional groups attached to an aromatic ring is 1. The van der Waals surface area contributed by atoms with Crippen LogP contribution in [0.25, 0.3) is 5.57 Å². The van der Waals surface area contributed by atoms with Crippen LogP contribution < -0.4 is 5.73 Å². The van der Waals surface area contributed by atoms with Crippen molar-refractivity contribution in [3.8, 4) is 0 Å². The molecular weight excluding hydrogens is 274 g/mol. The fourth-order valence-electron chi connectivity index (χ4n) is 2.41. The molecule has 108 valence electrons. The van der Waals surface area contributed by atoms with Crippen LogP contribution in [0.4, 0.5) is 5.82 Å². The third kappa shape index (κ3) is 3.19. The van der Waals surface area contributed by atoms with Gasteiger partial charge in [0.2, 0.25) is 0 Å². The number of allylic oxidation sites excluding steroid dienone is 2. The Morgan fingerprint density at radius 1 is 1.55 bits per heavy atom. The maximum Gasteiger partial charge on any atom is 0.130 e. The standard InChI is InChI=1S/C14H19N3O2S/c1-20-7-12(19)10(6-18)3-2-9-4-5-11-13(9)16-8-17-14(11)15/h4,6,8,10,12,19H,2-3,5,7H2,1H3,(H2,15,16,17)/t10-,12+/m0/s1. The van der Waals surface area contributed by atoms with Gasteiger partial charge in [-0.1, -0.05) is 6.08 Å². The largest absolute Gasteiger partial charge is 0.392 e. The molecule has 0 spiro atoms. The van der Waals surface area contributed by atoms with Gasteiger partial charge in [-0.3, -0.25) is 0 Å². The summed E-state index contributed by atoms with van der Waals surface area (Å²) in [6, 6.07) is 0. The number of aromatic nitrogens is 2. The van der Waals surface area contributed by atoms with Gasteiger partial charge in [-0.25, -0.2) is 9.97 Å². The number of nitrogens with two attached hydrogens (primary N) is 1. The zero-order valence-corrected chi connectivity index (χ0v) is 12.3. The molecule has 0 saturated carbocycles. The zero-order valence-electron chi connectivity index (χ0n) is 11.5. The molecule has 2 atom stereocenters. The molecule has 20 heavy (non-hydrogen) atoms. The second-order valence-corrected chi connectivity index (χ2v) is 5.79. The summed E-state index contributed by atoms with van der Waals surface area (Å²) in [7, 11) is 0. The first kappa shape index (κ1) is 15.0. The fourth-order valence-corrected chi connectivity index (χ4v) is 3.00. The molecule has 0 saturated heterocycles. The Morgan fingerprint density at radius 2 is 2.35 bits per heavy atom. The van der Waals surface area contributed by atoms with Crippen molar-refractivity contribution in [1.82, 2.24) is 9.97 Å². The molecule has 0 aliphatic heterocycles. The van der Waals surface area contributed by atoms with Crippen LogP contribution in [0.2, 0.25) is 0 Å². The number of thioether (sulfide) groups is 1. The van der Waals surface area contributed by atoms with Gasteiger partial charge in [0, 0.05) is 17.2 Å². The van der Waals surface area contributed by atoms with E-state index in [0.29, 0.717) is 18.0 Å². The van der Waals surface area contributed by atoms with Gasteiger partial charge >= 0.3 is 0 Å². The summed E-state index contributed by atoms with van der Waals surface area (Å²) < 4.78 is 0. The van der Waals surface area contributed by atoms with Crippen LogP contribution in [-0.4, -0.2) is 39.5 Å². The highest BCUT2D eigenvalue weighted by atomic mass is 32.2. The number of carbonyl (C=O) groups excluding carboxylic acids is 1. The van der Waals surface area contributed by atoms with Gasteiger partial charge < -0.3 is 15.6 Å². The number of anilines is 1. The Labute approximate surface area is 122 Å². The van der Waals surface area contributed by atoms with Gasteiger partial charge in [-0.05, 0) is 31.1 Å². The van der Waals surface area contributed by atoms with Gasteiger partial charge in [0.15, 0.2) is 0 Å². The summed E-state index contributed by atoms with van der Waals surface area (Å²) in [5.74, 6) is 0.774. The summed E-state index contributed by atoms with van der Waals surface area (Å²) in [5, 5.41) is 9.91. The number of carbonyl (C=O) groups is 1. The predicted octanol–water partition coefficient (Wildman–Crippen LogP) is 1.32. The molecular formula is C14H19N3O2S. The van der Waals surface area contributed by atoms with Gasteiger partial charge in [0.25, 0.3) is 0 Å². The minimum Gasteiger partial charge on any atom is -0.392 e. The Bertz CT molecular complexity index is 519. The topological polar surface area (TPSA) is 89.1 Å².